The number of hydrogen-bond donors (Lipinski definition) is 1. The van der Waals surface area contributed by atoms with E-state index in [0.717, 1.165) is 16.7 Å². The molecule has 12 heteroatoms. The minimum atomic E-state index is -5.08. The van der Waals surface area contributed by atoms with Gasteiger partial charge in [-0.3, -0.25) is 9.58 Å². The van der Waals surface area contributed by atoms with Gasteiger partial charge in [0, 0.05) is 49.9 Å². The molecule has 1 fully saturated rings. The van der Waals surface area contributed by atoms with Gasteiger partial charge < -0.3 is 5.11 Å². The number of sulfone groups is 1. The highest BCUT2D eigenvalue weighted by Crippen LogP contribution is 2.46. The first kappa shape index (κ1) is 24.9. The number of rotatable bonds is 3. The summed E-state index contributed by atoms with van der Waals surface area (Å²) in [6, 6.07) is 12.2. The van der Waals surface area contributed by atoms with Crippen LogP contribution >= 0.6 is 0 Å². The maximum absolute atomic E-state index is 14.0. The van der Waals surface area contributed by atoms with Crippen molar-refractivity contribution >= 4 is 15.8 Å². The average molecular weight is 511 g/mol. The second-order valence-corrected chi connectivity index (χ2v) is 10.6. The summed E-state index contributed by atoms with van der Waals surface area (Å²) in [6.45, 7) is 1.47. The van der Waals surface area contributed by atoms with Crippen LogP contribution in [0.4, 0.5) is 17.6 Å². The van der Waals surface area contributed by atoms with Crippen molar-refractivity contribution in [1.82, 2.24) is 14.7 Å². The van der Waals surface area contributed by atoms with E-state index in [1.807, 2.05) is 36.3 Å². The number of benzene rings is 2. The molecule has 1 aromatic heterocycles. The lowest BCUT2D eigenvalue weighted by molar-refractivity contribution is -0.192. The van der Waals surface area contributed by atoms with Gasteiger partial charge in [-0.25, -0.2) is 17.6 Å². The Morgan fingerprint density at radius 3 is 2.43 bits per heavy atom. The lowest BCUT2D eigenvalue weighted by Gasteiger charge is -2.18. The molecule has 2 aromatic carbocycles. The number of carbonyl (C=O) groups is 1. The minimum Gasteiger partial charge on any atom is -0.475 e. The predicted octanol–water partition coefficient (Wildman–Crippen LogP) is 3.61. The zero-order valence-electron chi connectivity index (χ0n) is 18.4. The fraction of sp³-hybridized carbons (Fsp3) is 0.304. The summed E-state index contributed by atoms with van der Waals surface area (Å²) in [7, 11) is -1.51. The van der Waals surface area contributed by atoms with Crippen LogP contribution in [-0.2, 0) is 28.2 Å². The summed E-state index contributed by atoms with van der Waals surface area (Å²) in [5.74, 6) is -3.09. The number of carboxylic acid groups (broad SMARTS) is 1. The SMILES string of the molecule is Cn1cc(-c2ccc3c(c2)C2CN(Cc4ccccc4F)CC2S3(=O)=O)cn1.O=C(O)C(F)(F)F. The summed E-state index contributed by atoms with van der Waals surface area (Å²) in [6.07, 6.45) is -1.39. The first-order chi connectivity index (χ1) is 16.4. The van der Waals surface area contributed by atoms with E-state index in [1.165, 1.54) is 6.07 Å². The number of halogens is 4. The second kappa shape index (κ2) is 9.08. The molecule has 1 saturated heterocycles. The minimum absolute atomic E-state index is 0.0802. The van der Waals surface area contributed by atoms with Gasteiger partial charge >= 0.3 is 12.1 Å². The summed E-state index contributed by atoms with van der Waals surface area (Å²) in [5, 5.41) is 10.9. The summed E-state index contributed by atoms with van der Waals surface area (Å²) in [4.78, 5) is 11.4. The van der Waals surface area contributed by atoms with Crippen molar-refractivity contribution in [3.05, 3.63) is 71.8 Å². The van der Waals surface area contributed by atoms with Gasteiger partial charge in [0.05, 0.1) is 16.3 Å². The molecule has 0 spiro atoms. The molecule has 0 saturated carbocycles. The summed E-state index contributed by atoms with van der Waals surface area (Å²) < 4.78 is 73.6. The molecule has 3 heterocycles. The monoisotopic (exact) mass is 511 g/mol. The van der Waals surface area contributed by atoms with Crippen LogP contribution in [0.25, 0.3) is 11.1 Å². The van der Waals surface area contributed by atoms with Crippen molar-refractivity contribution in [3.8, 4) is 11.1 Å². The van der Waals surface area contributed by atoms with Crippen molar-refractivity contribution in [3.63, 3.8) is 0 Å². The van der Waals surface area contributed by atoms with Gasteiger partial charge in [-0.05, 0) is 29.3 Å². The molecule has 2 atom stereocenters. The number of aryl methyl sites for hydroxylation is 1. The summed E-state index contributed by atoms with van der Waals surface area (Å²) >= 11 is 0. The molecule has 0 aliphatic carbocycles. The van der Waals surface area contributed by atoms with E-state index >= 15 is 0 Å². The molecule has 0 radical (unpaired) electrons. The van der Waals surface area contributed by atoms with E-state index in [2.05, 4.69) is 5.10 Å². The Bertz CT molecular complexity index is 1370. The van der Waals surface area contributed by atoms with Crippen LogP contribution in [-0.4, -0.2) is 58.7 Å². The lowest BCUT2D eigenvalue weighted by atomic mass is 9.95. The maximum atomic E-state index is 14.0. The number of aromatic nitrogens is 2. The first-order valence-corrected chi connectivity index (χ1v) is 12.1. The van der Waals surface area contributed by atoms with Gasteiger partial charge in [-0.15, -0.1) is 0 Å². The van der Waals surface area contributed by atoms with Gasteiger partial charge in [0.25, 0.3) is 0 Å². The average Bonchev–Trinajstić information content (AvgIpc) is 3.45. The smallest absolute Gasteiger partial charge is 0.475 e. The normalized spacial score (nSPS) is 20.6. The molecule has 2 aliphatic rings. The quantitative estimate of drug-likeness (QED) is 0.540. The fourth-order valence-electron chi connectivity index (χ4n) is 4.47. The van der Waals surface area contributed by atoms with Gasteiger partial charge in [0.2, 0.25) is 0 Å². The van der Waals surface area contributed by atoms with Crippen LogP contribution in [0.3, 0.4) is 0 Å². The molecule has 0 amide bonds. The maximum Gasteiger partial charge on any atom is 0.490 e. The van der Waals surface area contributed by atoms with Crippen molar-refractivity contribution in [1.29, 1.82) is 0 Å². The Morgan fingerprint density at radius 1 is 1.14 bits per heavy atom. The number of alkyl halides is 3. The Balaban J connectivity index is 0.000000364. The molecule has 0 bridgehead atoms. The summed E-state index contributed by atoms with van der Waals surface area (Å²) in [5.41, 5.74) is 3.41. The zero-order chi connectivity index (χ0) is 25.5. The van der Waals surface area contributed by atoms with Gasteiger partial charge in [0.1, 0.15) is 5.82 Å². The number of hydrogen-bond acceptors (Lipinski definition) is 5. The third kappa shape index (κ3) is 4.94. The zero-order valence-corrected chi connectivity index (χ0v) is 19.2. The van der Waals surface area contributed by atoms with Crippen LogP contribution in [0.5, 0.6) is 0 Å². The van der Waals surface area contributed by atoms with Crippen LogP contribution < -0.4 is 0 Å². The third-order valence-corrected chi connectivity index (χ3v) is 8.35. The van der Waals surface area contributed by atoms with Crippen LogP contribution in [0.1, 0.15) is 17.0 Å². The molecule has 7 nitrogen and oxygen atoms in total. The van der Waals surface area contributed by atoms with Crippen LogP contribution in [0.2, 0.25) is 0 Å². The van der Waals surface area contributed by atoms with Crippen molar-refractivity contribution < 1.29 is 35.9 Å². The van der Waals surface area contributed by atoms with Crippen molar-refractivity contribution in [2.75, 3.05) is 13.1 Å². The highest BCUT2D eigenvalue weighted by molar-refractivity contribution is 7.92. The molecule has 186 valence electrons. The van der Waals surface area contributed by atoms with Crippen molar-refractivity contribution in [2.24, 2.45) is 7.05 Å². The Hall–Kier alpha value is -3.25. The van der Waals surface area contributed by atoms with Gasteiger partial charge in [-0.1, -0.05) is 24.3 Å². The van der Waals surface area contributed by atoms with Gasteiger partial charge in [0.15, 0.2) is 9.84 Å². The number of carboxylic acids is 1. The molecular formula is C23H21F4N3O4S. The number of nitrogens with zero attached hydrogens (tertiary/aromatic N) is 3. The fourth-order valence-corrected chi connectivity index (χ4v) is 6.67. The van der Waals surface area contributed by atoms with Crippen molar-refractivity contribution in [2.45, 2.75) is 28.8 Å². The Morgan fingerprint density at radius 2 is 1.83 bits per heavy atom. The molecule has 3 aromatic rings. The van der Waals surface area contributed by atoms with E-state index in [9.17, 15) is 26.0 Å². The molecule has 5 rings (SSSR count). The van der Waals surface area contributed by atoms with E-state index in [4.69, 9.17) is 9.90 Å². The molecule has 35 heavy (non-hydrogen) atoms. The van der Waals surface area contributed by atoms with E-state index in [1.54, 1.807) is 29.1 Å². The lowest BCUT2D eigenvalue weighted by Crippen LogP contribution is -2.26. The third-order valence-electron chi connectivity index (χ3n) is 6.09. The number of likely N-dealkylation sites (tertiary alicyclic amines) is 1. The van der Waals surface area contributed by atoms with Crippen LogP contribution in [0.15, 0.2) is 59.8 Å². The largest absolute Gasteiger partial charge is 0.490 e. The van der Waals surface area contributed by atoms with E-state index < -0.39 is 27.2 Å². The second-order valence-electron chi connectivity index (χ2n) is 8.43. The van der Waals surface area contributed by atoms with Crippen LogP contribution in [0, 0.1) is 5.82 Å². The Labute approximate surface area is 198 Å². The number of aliphatic carboxylic acids is 1. The first-order valence-electron chi connectivity index (χ1n) is 10.5. The highest BCUT2D eigenvalue weighted by atomic mass is 32.2. The molecule has 2 aliphatic heterocycles. The number of fused-ring (bicyclic) bond motifs is 3. The topological polar surface area (TPSA) is 92.5 Å². The van der Waals surface area contributed by atoms with E-state index in [0.29, 0.717) is 30.1 Å². The van der Waals surface area contributed by atoms with E-state index in [-0.39, 0.29) is 11.7 Å². The predicted molar refractivity (Wildman–Crippen MR) is 118 cm³/mol. The molecule has 1 N–H and O–H groups in total. The molecule has 2 unspecified atom stereocenters. The highest BCUT2D eigenvalue weighted by Gasteiger charge is 2.50. The Kier molecular flexibility index (Phi) is 6.45. The molecular weight excluding hydrogens is 490 g/mol. The standard InChI is InChI=1S/C21H20FN3O2S.C2HF3O2/c1-24-10-16(9-23-24)14-6-7-20-17(8-14)18-12-25(13-21(18)28(20,26)27)11-15-4-2-3-5-19(15)22;3-2(4,5)1(6)7/h2-10,18,21H,11-13H2,1H3;(H,6,7). The van der Waals surface area contributed by atoms with Gasteiger partial charge in [-0.2, -0.15) is 18.3 Å².